The van der Waals surface area contributed by atoms with Crippen LogP contribution in [0, 0.1) is 0 Å². The Kier molecular flexibility index (Phi) is 3.09. The van der Waals surface area contributed by atoms with Gasteiger partial charge in [-0.1, -0.05) is 42.5 Å². The second-order valence-electron chi connectivity index (χ2n) is 4.53. The maximum Gasteiger partial charge on any atom is 0.255 e. The molecule has 0 radical (unpaired) electrons. The van der Waals surface area contributed by atoms with Crippen LogP contribution in [-0.4, -0.2) is 11.0 Å². The molecule has 20 heavy (non-hydrogen) atoms. The molecule has 0 fully saturated rings. The fraction of sp³-hybridized carbons (Fsp3) is 0. The summed E-state index contributed by atoms with van der Waals surface area (Å²) in [4.78, 5) is 12.2. The lowest BCUT2D eigenvalue weighted by Gasteiger charge is -2.09. The van der Waals surface area contributed by atoms with Gasteiger partial charge in [0, 0.05) is 16.6 Å². The Labute approximate surface area is 116 Å². The fourth-order valence-corrected chi connectivity index (χ4v) is 2.18. The van der Waals surface area contributed by atoms with E-state index in [2.05, 4.69) is 5.32 Å². The molecule has 0 aliphatic rings. The van der Waals surface area contributed by atoms with Crippen LogP contribution in [0.1, 0.15) is 10.4 Å². The van der Waals surface area contributed by atoms with Crippen molar-refractivity contribution >= 4 is 22.4 Å². The minimum Gasteiger partial charge on any atom is -0.508 e. The second kappa shape index (κ2) is 5.05. The zero-order chi connectivity index (χ0) is 13.9. The van der Waals surface area contributed by atoms with Crippen LogP contribution in [0.3, 0.4) is 0 Å². The molecule has 1 amide bonds. The highest BCUT2D eigenvalue weighted by Crippen LogP contribution is 2.23. The van der Waals surface area contributed by atoms with E-state index < -0.39 is 0 Å². The van der Waals surface area contributed by atoms with Gasteiger partial charge in [0.05, 0.1) is 0 Å². The van der Waals surface area contributed by atoms with Gasteiger partial charge in [0.2, 0.25) is 0 Å². The zero-order valence-corrected chi connectivity index (χ0v) is 10.7. The Bertz CT molecular complexity index is 775. The summed E-state index contributed by atoms with van der Waals surface area (Å²) in [5, 5.41) is 14.4. The molecule has 0 aromatic heterocycles. The maximum atomic E-state index is 12.2. The van der Waals surface area contributed by atoms with Gasteiger partial charge in [-0.3, -0.25) is 4.79 Å². The van der Waals surface area contributed by atoms with Crippen molar-refractivity contribution in [1.82, 2.24) is 0 Å². The molecule has 98 valence electrons. The van der Waals surface area contributed by atoms with Gasteiger partial charge in [0.15, 0.2) is 0 Å². The van der Waals surface area contributed by atoms with Gasteiger partial charge in [0.25, 0.3) is 5.91 Å². The number of fused-ring (bicyclic) bond motifs is 1. The van der Waals surface area contributed by atoms with Crippen molar-refractivity contribution < 1.29 is 9.90 Å². The third-order valence-electron chi connectivity index (χ3n) is 3.15. The Morgan fingerprint density at radius 1 is 0.900 bits per heavy atom. The van der Waals surface area contributed by atoms with Crippen LogP contribution >= 0.6 is 0 Å². The molecule has 0 spiro atoms. The van der Waals surface area contributed by atoms with Crippen molar-refractivity contribution in [2.75, 3.05) is 5.32 Å². The quantitative estimate of drug-likeness (QED) is 0.738. The molecule has 3 heteroatoms. The third kappa shape index (κ3) is 2.34. The van der Waals surface area contributed by atoms with Gasteiger partial charge in [-0.05, 0) is 29.7 Å². The Hall–Kier alpha value is -2.81. The smallest absolute Gasteiger partial charge is 0.255 e. The maximum absolute atomic E-state index is 12.2. The number of anilines is 1. The van der Waals surface area contributed by atoms with Crippen LogP contribution in [0.15, 0.2) is 66.7 Å². The monoisotopic (exact) mass is 263 g/mol. The molecule has 0 heterocycles. The van der Waals surface area contributed by atoms with E-state index in [1.54, 1.807) is 12.1 Å². The van der Waals surface area contributed by atoms with Crippen molar-refractivity contribution in [1.29, 1.82) is 0 Å². The van der Waals surface area contributed by atoms with E-state index in [9.17, 15) is 9.90 Å². The second-order valence-corrected chi connectivity index (χ2v) is 4.53. The number of rotatable bonds is 2. The first-order valence-electron chi connectivity index (χ1n) is 6.32. The number of carbonyl (C=O) groups is 1. The van der Waals surface area contributed by atoms with Crippen molar-refractivity contribution in [3.63, 3.8) is 0 Å². The lowest BCUT2D eigenvalue weighted by atomic mass is 10.1. The average molecular weight is 263 g/mol. The number of benzene rings is 3. The summed E-state index contributed by atoms with van der Waals surface area (Å²) in [6.45, 7) is 0. The highest BCUT2D eigenvalue weighted by molar-refractivity contribution is 6.09. The average Bonchev–Trinajstić information content (AvgIpc) is 2.47. The number of phenolic OH excluding ortho intramolecular Hbond substituents is 1. The van der Waals surface area contributed by atoms with Gasteiger partial charge in [0.1, 0.15) is 5.75 Å². The number of hydrogen-bond donors (Lipinski definition) is 2. The number of carbonyl (C=O) groups excluding carboxylic acids is 1. The standard InChI is InChI=1S/C17H13NO2/c19-14-8-3-7-13(11-14)17(20)18-16-10-4-6-12-5-1-2-9-15(12)16/h1-11,19H,(H,18,20). The number of nitrogens with one attached hydrogen (secondary N) is 1. The van der Waals surface area contributed by atoms with E-state index in [1.165, 1.54) is 12.1 Å². The summed E-state index contributed by atoms with van der Waals surface area (Å²) < 4.78 is 0. The molecule has 0 saturated heterocycles. The van der Waals surface area contributed by atoms with Crippen LogP contribution in [0.2, 0.25) is 0 Å². The van der Waals surface area contributed by atoms with Crippen LogP contribution < -0.4 is 5.32 Å². The van der Waals surface area contributed by atoms with Crippen molar-refractivity contribution in [3.8, 4) is 5.75 Å². The summed E-state index contributed by atoms with van der Waals surface area (Å²) >= 11 is 0. The van der Waals surface area contributed by atoms with Gasteiger partial charge in [-0.15, -0.1) is 0 Å². The van der Waals surface area contributed by atoms with Gasteiger partial charge < -0.3 is 10.4 Å². The first-order chi connectivity index (χ1) is 9.74. The van der Waals surface area contributed by atoms with E-state index in [0.717, 1.165) is 16.5 Å². The number of hydrogen-bond acceptors (Lipinski definition) is 2. The Morgan fingerprint density at radius 2 is 1.65 bits per heavy atom. The van der Waals surface area contributed by atoms with E-state index in [0.29, 0.717) is 5.56 Å². The number of amides is 1. The highest BCUT2D eigenvalue weighted by atomic mass is 16.3. The first kappa shape index (κ1) is 12.2. The zero-order valence-electron chi connectivity index (χ0n) is 10.7. The molecule has 0 bridgehead atoms. The van der Waals surface area contributed by atoms with Gasteiger partial charge in [-0.2, -0.15) is 0 Å². The normalized spacial score (nSPS) is 10.4. The molecule has 0 atom stereocenters. The van der Waals surface area contributed by atoms with E-state index >= 15 is 0 Å². The van der Waals surface area contributed by atoms with Crippen LogP contribution in [-0.2, 0) is 0 Å². The molecule has 3 aromatic carbocycles. The molecule has 0 aliphatic carbocycles. The fourth-order valence-electron chi connectivity index (χ4n) is 2.18. The topological polar surface area (TPSA) is 49.3 Å². The lowest BCUT2D eigenvalue weighted by Crippen LogP contribution is -2.11. The van der Waals surface area contributed by atoms with Crippen LogP contribution in [0.4, 0.5) is 5.69 Å². The SMILES string of the molecule is O=C(Nc1cccc2ccccc12)c1cccc(O)c1. The van der Waals surface area contributed by atoms with Crippen molar-refractivity contribution in [3.05, 3.63) is 72.3 Å². The lowest BCUT2D eigenvalue weighted by molar-refractivity contribution is 0.102. The minimum absolute atomic E-state index is 0.0792. The molecule has 0 saturated carbocycles. The molecule has 3 rings (SSSR count). The summed E-state index contributed by atoms with van der Waals surface area (Å²) in [6, 6.07) is 19.9. The van der Waals surface area contributed by atoms with E-state index in [4.69, 9.17) is 0 Å². The Morgan fingerprint density at radius 3 is 2.50 bits per heavy atom. The predicted molar refractivity (Wildman–Crippen MR) is 80.0 cm³/mol. The molecular weight excluding hydrogens is 250 g/mol. The van der Waals surface area contributed by atoms with E-state index in [-0.39, 0.29) is 11.7 Å². The molecule has 2 N–H and O–H groups in total. The Balaban J connectivity index is 1.95. The molecule has 3 aromatic rings. The molecular formula is C17H13NO2. The summed E-state index contributed by atoms with van der Waals surface area (Å²) in [7, 11) is 0. The first-order valence-corrected chi connectivity index (χ1v) is 6.32. The van der Waals surface area contributed by atoms with Gasteiger partial charge in [-0.25, -0.2) is 0 Å². The summed E-state index contributed by atoms with van der Waals surface area (Å²) in [5.41, 5.74) is 1.19. The minimum atomic E-state index is -0.239. The number of phenols is 1. The van der Waals surface area contributed by atoms with Crippen LogP contribution in [0.5, 0.6) is 5.75 Å². The molecule has 0 aliphatic heterocycles. The van der Waals surface area contributed by atoms with Gasteiger partial charge >= 0.3 is 0 Å². The summed E-state index contributed by atoms with van der Waals surface area (Å²) in [5.74, 6) is -0.159. The predicted octanol–water partition coefficient (Wildman–Crippen LogP) is 3.80. The number of aromatic hydroxyl groups is 1. The third-order valence-corrected chi connectivity index (χ3v) is 3.15. The summed E-state index contributed by atoms with van der Waals surface area (Å²) in [6.07, 6.45) is 0. The van der Waals surface area contributed by atoms with Crippen molar-refractivity contribution in [2.45, 2.75) is 0 Å². The van der Waals surface area contributed by atoms with E-state index in [1.807, 2.05) is 42.5 Å². The molecule has 3 nitrogen and oxygen atoms in total. The van der Waals surface area contributed by atoms with Crippen LogP contribution in [0.25, 0.3) is 10.8 Å². The van der Waals surface area contributed by atoms with Crippen molar-refractivity contribution in [2.24, 2.45) is 0 Å². The largest absolute Gasteiger partial charge is 0.508 e. The molecule has 0 unspecified atom stereocenters. The highest BCUT2D eigenvalue weighted by Gasteiger charge is 2.08.